The minimum atomic E-state index is 0.511. The molecule has 0 saturated heterocycles. The van der Waals surface area contributed by atoms with E-state index in [-0.39, 0.29) is 0 Å². The van der Waals surface area contributed by atoms with Gasteiger partial charge in [0.25, 0.3) is 0 Å². The van der Waals surface area contributed by atoms with Crippen molar-refractivity contribution in [3.05, 3.63) is 29.8 Å². The normalized spacial score (nSPS) is 12.7. The first-order valence-corrected chi connectivity index (χ1v) is 7.19. The molecule has 0 fully saturated rings. The van der Waals surface area contributed by atoms with Gasteiger partial charge in [-0.15, -0.1) is 0 Å². The Bertz CT molecular complexity index is 335. The Morgan fingerprint density at radius 3 is 2.32 bits per heavy atom. The van der Waals surface area contributed by atoms with Gasteiger partial charge in [-0.25, -0.2) is 0 Å². The lowest BCUT2D eigenvalue weighted by atomic mass is 10.1. The second-order valence-corrected chi connectivity index (χ2v) is 5.51. The maximum Gasteiger partial charge on any atom is 0.118 e. The number of nitrogens with one attached hydrogen (secondary N) is 2. The van der Waals surface area contributed by atoms with E-state index < -0.39 is 0 Å². The van der Waals surface area contributed by atoms with Crippen molar-refractivity contribution in [2.45, 2.75) is 33.2 Å². The standard InChI is InChI=1S/C16H28N2O/c1-13(2)11-17-12-14(3)18-10-9-15-5-7-16(19-4)8-6-15/h5-8,13-14,17-18H,9-12H2,1-4H3. The lowest BCUT2D eigenvalue weighted by Crippen LogP contribution is -2.38. The fraction of sp³-hybridized carbons (Fsp3) is 0.625. The lowest BCUT2D eigenvalue weighted by Gasteiger charge is -2.15. The summed E-state index contributed by atoms with van der Waals surface area (Å²) in [7, 11) is 1.70. The Morgan fingerprint density at radius 1 is 1.05 bits per heavy atom. The molecule has 1 aromatic rings. The summed E-state index contributed by atoms with van der Waals surface area (Å²) in [4.78, 5) is 0. The van der Waals surface area contributed by atoms with Gasteiger partial charge in [0.05, 0.1) is 7.11 Å². The van der Waals surface area contributed by atoms with Crippen LogP contribution in [-0.2, 0) is 6.42 Å². The molecule has 108 valence electrons. The van der Waals surface area contributed by atoms with Gasteiger partial charge in [0.1, 0.15) is 5.75 Å². The summed E-state index contributed by atoms with van der Waals surface area (Å²) in [5.74, 6) is 1.63. The van der Waals surface area contributed by atoms with Gasteiger partial charge in [-0.05, 0) is 50.0 Å². The topological polar surface area (TPSA) is 33.3 Å². The molecule has 1 unspecified atom stereocenters. The smallest absolute Gasteiger partial charge is 0.118 e. The average Bonchev–Trinajstić information content (AvgIpc) is 2.39. The monoisotopic (exact) mass is 264 g/mol. The Kier molecular flexibility index (Phi) is 7.53. The third-order valence-electron chi connectivity index (χ3n) is 3.07. The average molecular weight is 264 g/mol. The fourth-order valence-corrected chi connectivity index (χ4v) is 1.92. The Morgan fingerprint density at radius 2 is 1.74 bits per heavy atom. The highest BCUT2D eigenvalue weighted by Crippen LogP contribution is 2.11. The van der Waals surface area contributed by atoms with E-state index in [0.29, 0.717) is 12.0 Å². The minimum Gasteiger partial charge on any atom is -0.497 e. The van der Waals surface area contributed by atoms with Crippen LogP contribution in [0.1, 0.15) is 26.3 Å². The van der Waals surface area contributed by atoms with E-state index in [0.717, 1.165) is 31.8 Å². The summed E-state index contributed by atoms with van der Waals surface area (Å²) in [5, 5.41) is 7.01. The van der Waals surface area contributed by atoms with Gasteiger partial charge in [-0.2, -0.15) is 0 Å². The molecule has 1 aromatic carbocycles. The molecule has 0 aromatic heterocycles. The van der Waals surface area contributed by atoms with Crippen molar-refractivity contribution in [2.75, 3.05) is 26.7 Å². The van der Waals surface area contributed by atoms with Crippen molar-refractivity contribution in [3.63, 3.8) is 0 Å². The van der Waals surface area contributed by atoms with Crippen molar-refractivity contribution >= 4 is 0 Å². The van der Waals surface area contributed by atoms with Crippen LogP contribution in [0.3, 0.4) is 0 Å². The zero-order valence-corrected chi connectivity index (χ0v) is 12.7. The predicted octanol–water partition coefficient (Wildman–Crippen LogP) is 2.46. The number of ether oxygens (including phenoxy) is 1. The van der Waals surface area contributed by atoms with Crippen LogP contribution in [0.25, 0.3) is 0 Å². The predicted molar refractivity (Wildman–Crippen MR) is 81.9 cm³/mol. The highest BCUT2D eigenvalue weighted by atomic mass is 16.5. The van der Waals surface area contributed by atoms with Crippen molar-refractivity contribution < 1.29 is 4.74 Å². The van der Waals surface area contributed by atoms with Crippen LogP contribution in [0.15, 0.2) is 24.3 Å². The summed E-state index contributed by atoms with van der Waals surface area (Å²) in [5.41, 5.74) is 1.34. The van der Waals surface area contributed by atoms with Gasteiger partial charge in [0.15, 0.2) is 0 Å². The maximum atomic E-state index is 5.15. The molecule has 19 heavy (non-hydrogen) atoms. The molecule has 0 bridgehead atoms. The Balaban J connectivity index is 2.14. The van der Waals surface area contributed by atoms with Gasteiger partial charge in [0, 0.05) is 12.6 Å². The van der Waals surface area contributed by atoms with Gasteiger partial charge in [-0.1, -0.05) is 26.0 Å². The highest BCUT2D eigenvalue weighted by molar-refractivity contribution is 5.27. The van der Waals surface area contributed by atoms with Gasteiger partial charge in [0.2, 0.25) is 0 Å². The molecule has 3 heteroatoms. The summed E-state index contributed by atoms with van der Waals surface area (Å²) in [6.45, 7) is 9.81. The molecule has 2 N–H and O–H groups in total. The zero-order valence-electron chi connectivity index (χ0n) is 12.7. The third-order valence-corrected chi connectivity index (χ3v) is 3.07. The van der Waals surface area contributed by atoms with Crippen LogP contribution in [0.2, 0.25) is 0 Å². The van der Waals surface area contributed by atoms with E-state index >= 15 is 0 Å². The van der Waals surface area contributed by atoms with E-state index in [1.807, 2.05) is 12.1 Å². The summed E-state index contributed by atoms with van der Waals surface area (Å²) < 4.78 is 5.15. The van der Waals surface area contributed by atoms with Crippen LogP contribution in [0, 0.1) is 5.92 Å². The molecular formula is C16H28N2O. The minimum absolute atomic E-state index is 0.511. The SMILES string of the molecule is COc1ccc(CCNC(C)CNCC(C)C)cc1. The quantitative estimate of drug-likeness (QED) is 0.719. The molecule has 0 amide bonds. The molecule has 0 spiro atoms. The lowest BCUT2D eigenvalue weighted by molar-refractivity contribution is 0.414. The molecule has 0 saturated carbocycles. The molecule has 0 radical (unpaired) electrons. The number of rotatable bonds is 9. The first-order chi connectivity index (χ1) is 9.11. The van der Waals surface area contributed by atoms with Crippen LogP contribution < -0.4 is 15.4 Å². The molecule has 0 aliphatic heterocycles. The van der Waals surface area contributed by atoms with E-state index in [4.69, 9.17) is 4.74 Å². The Labute approximate surface area is 117 Å². The molecule has 0 aliphatic carbocycles. The molecular weight excluding hydrogens is 236 g/mol. The van der Waals surface area contributed by atoms with Gasteiger partial charge < -0.3 is 15.4 Å². The summed E-state index contributed by atoms with van der Waals surface area (Å²) in [6, 6.07) is 8.80. The number of hydrogen-bond acceptors (Lipinski definition) is 3. The molecule has 0 aliphatic rings. The largest absolute Gasteiger partial charge is 0.497 e. The second-order valence-electron chi connectivity index (χ2n) is 5.51. The van der Waals surface area contributed by atoms with E-state index in [1.165, 1.54) is 5.56 Å². The van der Waals surface area contributed by atoms with Crippen molar-refractivity contribution in [1.29, 1.82) is 0 Å². The van der Waals surface area contributed by atoms with Crippen LogP contribution in [-0.4, -0.2) is 32.8 Å². The van der Waals surface area contributed by atoms with E-state index in [9.17, 15) is 0 Å². The second kappa shape index (κ2) is 8.94. The first kappa shape index (κ1) is 16.0. The van der Waals surface area contributed by atoms with Crippen molar-refractivity contribution in [3.8, 4) is 5.75 Å². The van der Waals surface area contributed by atoms with Crippen LogP contribution in [0.4, 0.5) is 0 Å². The zero-order chi connectivity index (χ0) is 14.1. The molecule has 1 rings (SSSR count). The van der Waals surface area contributed by atoms with Crippen molar-refractivity contribution in [2.24, 2.45) is 5.92 Å². The number of benzene rings is 1. The number of methoxy groups -OCH3 is 1. The van der Waals surface area contributed by atoms with Gasteiger partial charge in [-0.3, -0.25) is 0 Å². The summed E-state index contributed by atoms with van der Waals surface area (Å²) in [6.07, 6.45) is 1.05. The molecule has 0 heterocycles. The first-order valence-electron chi connectivity index (χ1n) is 7.19. The summed E-state index contributed by atoms with van der Waals surface area (Å²) >= 11 is 0. The fourth-order valence-electron chi connectivity index (χ4n) is 1.92. The van der Waals surface area contributed by atoms with E-state index in [1.54, 1.807) is 7.11 Å². The Hall–Kier alpha value is -1.06. The molecule has 1 atom stereocenters. The van der Waals surface area contributed by atoms with Crippen LogP contribution in [0.5, 0.6) is 5.75 Å². The molecule has 3 nitrogen and oxygen atoms in total. The van der Waals surface area contributed by atoms with E-state index in [2.05, 4.69) is 43.5 Å². The maximum absolute atomic E-state index is 5.15. The van der Waals surface area contributed by atoms with Crippen LogP contribution >= 0.6 is 0 Å². The van der Waals surface area contributed by atoms with Gasteiger partial charge >= 0.3 is 0 Å². The highest BCUT2D eigenvalue weighted by Gasteiger charge is 2.01. The number of hydrogen-bond donors (Lipinski definition) is 2. The third kappa shape index (κ3) is 7.19. The van der Waals surface area contributed by atoms with Crippen molar-refractivity contribution in [1.82, 2.24) is 10.6 Å².